The lowest BCUT2D eigenvalue weighted by Crippen LogP contribution is -2.53. The summed E-state index contributed by atoms with van der Waals surface area (Å²) in [5, 5.41) is 3.27. The van der Waals surface area contributed by atoms with Gasteiger partial charge in [0.1, 0.15) is 5.82 Å². The second-order valence-corrected chi connectivity index (χ2v) is 7.95. The predicted molar refractivity (Wildman–Crippen MR) is 87.0 cm³/mol. The highest BCUT2D eigenvalue weighted by Gasteiger charge is 2.39. The number of halogens is 1. The fourth-order valence-electron chi connectivity index (χ4n) is 2.82. The Hall–Kier alpha value is -0.670. The van der Waals surface area contributed by atoms with Crippen molar-refractivity contribution in [2.24, 2.45) is 13.0 Å². The highest BCUT2D eigenvalue weighted by Crippen LogP contribution is 2.32. The van der Waals surface area contributed by atoms with Crippen LogP contribution in [0.25, 0.3) is 0 Å². The van der Waals surface area contributed by atoms with Crippen LogP contribution in [0.1, 0.15) is 24.7 Å². The van der Waals surface area contributed by atoms with Gasteiger partial charge in [0.25, 0.3) is 10.2 Å². The fraction of sp³-hybridized carbons (Fsp3) is 0.769. The number of hydrogen-bond donors (Lipinski definition) is 1. The highest BCUT2D eigenvalue weighted by atomic mass is 35.5. The van der Waals surface area contributed by atoms with E-state index in [1.54, 1.807) is 17.5 Å². The van der Waals surface area contributed by atoms with Crippen LogP contribution in [-0.4, -0.2) is 59.8 Å². The van der Waals surface area contributed by atoms with Crippen LogP contribution in [0.5, 0.6) is 0 Å². The molecule has 1 aliphatic heterocycles. The van der Waals surface area contributed by atoms with Crippen LogP contribution in [0.15, 0.2) is 12.4 Å². The zero-order chi connectivity index (χ0) is 15.0. The van der Waals surface area contributed by atoms with Gasteiger partial charge in [-0.3, -0.25) is 0 Å². The molecule has 7 nitrogen and oxygen atoms in total. The lowest BCUT2D eigenvalue weighted by molar-refractivity contribution is 0.240. The second-order valence-electron chi connectivity index (χ2n) is 5.96. The average Bonchev–Trinajstić information content (AvgIpc) is 3.18. The first-order valence-electron chi connectivity index (χ1n) is 7.41. The van der Waals surface area contributed by atoms with Crippen LogP contribution >= 0.6 is 12.4 Å². The molecule has 0 amide bonds. The summed E-state index contributed by atoms with van der Waals surface area (Å²) in [7, 11) is 0.148. The molecule has 1 atom stereocenters. The molecule has 2 aliphatic rings. The third-order valence-corrected chi connectivity index (χ3v) is 6.22. The average molecular weight is 350 g/mol. The molecule has 22 heavy (non-hydrogen) atoms. The molecule has 0 spiro atoms. The van der Waals surface area contributed by atoms with E-state index >= 15 is 0 Å². The van der Waals surface area contributed by atoms with Gasteiger partial charge in [0, 0.05) is 52.7 Å². The van der Waals surface area contributed by atoms with Crippen LogP contribution in [0, 0.1) is 5.92 Å². The van der Waals surface area contributed by atoms with Crippen molar-refractivity contribution < 1.29 is 8.42 Å². The molecule has 2 heterocycles. The molecule has 1 aliphatic carbocycles. The molecule has 1 aromatic rings. The number of aromatic nitrogens is 2. The summed E-state index contributed by atoms with van der Waals surface area (Å²) in [4.78, 5) is 4.33. The minimum absolute atomic E-state index is 0. The Morgan fingerprint density at radius 3 is 2.77 bits per heavy atom. The summed E-state index contributed by atoms with van der Waals surface area (Å²) < 4.78 is 30.7. The normalized spacial score (nSPS) is 23.5. The minimum Gasteiger partial charge on any atom is -0.337 e. The molecule has 0 aromatic carbocycles. The summed E-state index contributed by atoms with van der Waals surface area (Å²) in [6.07, 6.45) is 5.85. The van der Waals surface area contributed by atoms with Gasteiger partial charge in [-0.1, -0.05) is 0 Å². The van der Waals surface area contributed by atoms with Crippen LogP contribution in [0.2, 0.25) is 0 Å². The van der Waals surface area contributed by atoms with Crippen LogP contribution in [0.3, 0.4) is 0 Å². The Morgan fingerprint density at radius 2 is 2.18 bits per heavy atom. The van der Waals surface area contributed by atoms with Gasteiger partial charge in [-0.25, -0.2) is 4.98 Å². The van der Waals surface area contributed by atoms with E-state index in [2.05, 4.69) is 10.3 Å². The molecule has 2 fully saturated rings. The molecular weight excluding hydrogens is 326 g/mol. The van der Waals surface area contributed by atoms with E-state index in [0.29, 0.717) is 32.1 Å². The number of imidazole rings is 1. The quantitative estimate of drug-likeness (QED) is 0.834. The molecule has 1 N–H and O–H groups in total. The Labute approximate surface area is 138 Å². The molecule has 1 saturated carbocycles. The number of aryl methyl sites for hydroxylation is 1. The minimum atomic E-state index is -3.44. The Morgan fingerprint density at radius 1 is 1.45 bits per heavy atom. The maximum atomic E-state index is 12.9. The Kier molecular flexibility index (Phi) is 5.50. The lowest BCUT2D eigenvalue weighted by atomic mass is 10.2. The van der Waals surface area contributed by atoms with Crippen LogP contribution in [-0.2, 0) is 17.3 Å². The molecule has 9 heteroatoms. The predicted octanol–water partition coefficient (Wildman–Crippen LogP) is 0.375. The first-order chi connectivity index (χ1) is 10.00. The molecule has 1 aromatic heterocycles. The maximum Gasteiger partial charge on any atom is 0.282 e. The van der Waals surface area contributed by atoms with Crippen LogP contribution in [0.4, 0.5) is 0 Å². The van der Waals surface area contributed by atoms with Crippen molar-refractivity contribution in [1.82, 2.24) is 23.5 Å². The van der Waals surface area contributed by atoms with Crippen molar-refractivity contribution >= 4 is 22.6 Å². The van der Waals surface area contributed by atoms with Crippen molar-refractivity contribution in [1.29, 1.82) is 0 Å². The standard InChI is InChI=1S/C13H23N5O2S.ClH/c1-16-7-6-15-13(16)12-9-14-5-8-18(12)21(19,20)17(2)10-11-3-4-11;/h6-7,11-12,14H,3-5,8-10H2,1-2H3;1H. The summed E-state index contributed by atoms with van der Waals surface area (Å²) >= 11 is 0. The van der Waals surface area contributed by atoms with E-state index < -0.39 is 10.2 Å². The van der Waals surface area contributed by atoms with Gasteiger partial charge in [0.2, 0.25) is 0 Å². The van der Waals surface area contributed by atoms with Gasteiger partial charge in [0.15, 0.2) is 0 Å². The maximum absolute atomic E-state index is 12.9. The zero-order valence-corrected chi connectivity index (χ0v) is 14.6. The Balaban J connectivity index is 0.00000176. The van der Waals surface area contributed by atoms with Crippen molar-refractivity contribution in [3.8, 4) is 0 Å². The topological polar surface area (TPSA) is 70.5 Å². The van der Waals surface area contributed by atoms with Gasteiger partial charge in [-0.15, -0.1) is 12.4 Å². The number of nitrogens with zero attached hydrogens (tertiary/aromatic N) is 4. The first-order valence-corrected chi connectivity index (χ1v) is 8.81. The van der Waals surface area contributed by atoms with Crippen molar-refractivity contribution in [3.05, 3.63) is 18.2 Å². The second kappa shape index (κ2) is 6.84. The van der Waals surface area contributed by atoms with Gasteiger partial charge >= 0.3 is 0 Å². The van der Waals surface area contributed by atoms with Crippen LogP contribution < -0.4 is 5.32 Å². The molecule has 1 saturated heterocycles. The van der Waals surface area contributed by atoms with E-state index in [4.69, 9.17) is 0 Å². The molecule has 1 unspecified atom stereocenters. The summed E-state index contributed by atoms with van der Waals surface area (Å²) in [6, 6.07) is -0.245. The molecular formula is C13H24ClN5O2S. The molecule has 0 radical (unpaired) electrons. The highest BCUT2D eigenvalue weighted by molar-refractivity contribution is 7.86. The zero-order valence-electron chi connectivity index (χ0n) is 13.0. The van der Waals surface area contributed by atoms with E-state index in [9.17, 15) is 8.42 Å². The third-order valence-electron chi connectivity index (χ3n) is 4.25. The van der Waals surface area contributed by atoms with E-state index in [-0.39, 0.29) is 18.4 Å². The smallest absolute Gasteiger partial charge is 0.282 e. The van der Waals surface area contributed by atoms with Crippen molar-refractivity contribution in [3.63, 3.8) is 0 Å². The van der Waals surface area contributed by atoms with E-state index in [1.807, 2.05) is 17.8 Å². The van der Waals surface area contributed by atoms with E-state index in [0.717, 1.165) is 18.7 Å². The number of nitrogens with one attached hydrogen (secondary N) is 1. The summed E-state index contributed by atoms with van der Waals surface area (Å²) in [5.74, 6) is 1.32. The lowest BCUT2D eigenvalue weighted by Gasteiger charge is -2.36. The molecule has 0 bridgehead atoms. The SMILES string of the molecule is CN(CC1CC1)S(=O)(=O)N1CCNCC1c1nccn1C.Cl. The van der Waals surface area contributed by atoms with Crippen molar-refractivity contribution in [2.45, 2.75) is 18.9 Å². The summed E-state index contributed by atoms with van der Waals surface area (Å²) in [5.41, 5.74) is 0. The Bertz CT molecular complexity index is 601. The molecule has 3 rings (SSSR count). The van der Waals surface area contributed by atoms with Gasteiger partial charge in [0.05, 0.1) is 6.04 Å². The number of rotatable bonds is 5. The van der Waals surface area contributed by atoms with Crippen molar-refractivity contribution in [2.75, 3.05) is 33.2 Å². The van der Waals surface area contributed by atoms with Gasteiger partial charge in [-0.05, 0) is 18.8 Å². The monoisotopic (exact) mass is 349 g/mol. The number of piperazine rings is 1. The molecule has 126 valence electrons. The third kappa shape index (κ3) is 3.46. The van der Waals surface area contributed by atoms with Gasteiger partial charge in [-0.2, -0.15) is 17.0 Å². The van der Waals surface area contributed by atoms with E-state index in [1.165, 1.54) is 4.31 Å². The first kappa shape index (κ1) is 17.7. The number of hydrogen-bond acceptors (Lipinski definition) is 4. The fourth-order valence-corrected chi connectivity index (χ4v) is 4.39. The summed E-state index contributed by atoms with van der Waals surface area (Å²) in [6.45, 7) is 2.38. The largest absolute Gasteiger partial charge is 0.337 e. The van der Waals surface area contributed by atoms with Gasteiger partial charge < -0.3 is 9.88 Å².